The number of Topliss-reactive ketones (excluding diaryl/α,β-unsaturated/α-hetero) is 1. The van der Waals surface area contributed by atoms with E-state index >= 15 is 0 Å². The summed E-state index contributed by atoms with van der Waals surface area (Å²) in [6, 6.07) is 4.69. The first-order chi connectivity index (χ1) is 11.6. The first kappa shape index (κ1) is 19.7. The second-order valence-electron chi connectivity index (χ2n) is 6.45. The quantitative estimate of drug-likeness (QED) is 0.809. The van der Waals surface area contributed by atoms with E-state index in [1.165, 1.54) is 25.3 Å². The van der Waals surface area contributed by atoms with E-state index in [-0.39, 0.29) is 54.3 Å². The van der Waals surface area contributed by atoms with Crippen LogP contribution in [0.5, 0.6) is 5.75 Å². The Labute approximate surface area is 153 Å². The minimum absolute atomic E-state index is 0. The zero-order valence-corrected chi connectivity index (χ0v) is 15.1. The van der Waals surface area contributed by atoms with E-state index in [1.54, 1.807) is 0 Å². The van der Waals surface area contributed by atoms with E-state index in [0.29, 0.717) is 6.04 Å². The van der Waals surface area contributed by atoms with Crippen molar-refractivity contribution in [2.45, 2.75) is 44.2 Å². The summed E-state index contributed by atoms with van der Waals surface area (Å²) in [5, 5.41) is 3.36. The number of hydrogen-bond donors (Lipinski definition) is 1. The monoisotopic (exact) mass is 370 g/mol. The third kappa shape index (κ3) is 4.30. The summed E-state index contributed by atoms with van der Waals surface area (Å²) in [5.74, 6) is -0.638. The summed E-state index contributed by atoms with van der Waals surface area (Å²) in [4.78, 5) is 26.8. The normalized spacial score (nSPS) is 22.1. The lowest BCUT2D eigenvalue weighted by atomic mass is 10.1. The molecule has 5 nitrogen and oxygen atoms in total. The summed E-state index contributed by atoms with van der Waals surface area (Å²) in [6.07, 6.45) is 3.34. The molecule has 1 aromatic rings. The van der Waals surface area contributed by atoms with Crippen LogP contribution in [-0.2, 0) is 4.79 Å². The molecule has 0 saturated carbocycles. The van der Waals surface area contributed by atoms with Crippen LogP contribution in [0.3, 0.4) is 0 Å². The Morgan fingerprint density at radius 2 is 2.00 bits per heavy atom. The topological polar surface area (TPSA) is 58.6 Å². The van der Waals surface area contributed by atoms with Crippen molar-refractivity contribution in [2.75, 3.05) is 20.2 Å². The Hall–Kier alpha value is -1.66. The van der Waals surface area contributed by atoms with Crippen LogP contribution in [0.4, 0.5) is 4.39 Å². The molecule has 1 N–H and O–H groups in total. The van der Waals surface area contributed by atoms with Gasteiger partial charge in [-0.1, -0.05) is 0 Å². The average Bonchev–Trinajstić information content (AvgIpc) is 2.85. The molecule has 2 aliphatic heterocycles. The molecule has 2 unspecified atom stereocenters. The van der Waals surface area contributed by atoms with Crippen molar-refractivity contribution in [2.24, 2.45) is 0 Å². The SMILES string of the molecule is COc1ccc(C(=O)CCC(=O)N2C3CCNCC2CC3)cc1F.Cl. The van der Waals surface area contributed by atoms with Crippen molar-refractivity contribution in [1.29, 1.82) is 0 Å². The Morgan fingerprint density at radius 3 is 2.72 bits per heavy atom. The molecular formula is C18H24ClFN2O3. The molecule has 7 heteroatoms. The average molecular weight is 371 g/mol. The number of ketones is 1. The number of carbonyl (C=O) groups is 2. The predicted molar refractivity (Wildman–Crippen MR) is 94.9 cm³/mol. The smallest absolute Gasteiger partial charge is 0.223 e. The number of carbonyl (C=O) groups excluding carboxylic acids is 2. The molecule has 1 amide bonds. The third-order valence-electron chi connectivity index (χ3n) is 4.98. The number of halogens is 2. The number of hydrogen-bond acceptors (Lipinski definition) is 4. The molecule has 3 rings (SSSR count). The molecule has 138 valence electrons. The van der Waals surface area contributed by atoms with Crippen LogP contribution in [0.25, 0.3) is 0 Å². The number of fused-ring (bicyclic) bond motifs is 2. The number of nitrogens with one attached hydrogen (secondary N) is 1. The number of amides is 1. The number of rotatable bonds is 5. The molecule has 25 heavy (non-hydrogen) atoms. The van der Waals surface area contributed by atoms with Crippen LogP contribution < -0.4 is 10.1 Å². The van der Waals surface area contributed by atoms with Gasteiger partial charge in [-0.2, -0.15) is 0 Å². The summed E-state index contributed by atoms with van der Waals surface area (Å²) < 4.78 is 18.5. The second-order valence-corrected chi connectivity index (χ2v) is 6.45. The van der Waals surface area contributed by atoms with Crippen LogP contribution in [0.1, 0.15) is 42.5 Å². The van der Waals surface area contributed by atoms with Gasteiger partial charge in [-0.25, -0.2) is 4.39 Å². The number of methoxy groups -OCH3 is 1. The fourth-order valence-corrected chi connectivity index (χ4v) is 3.72. The zero-order valence-electron chi connectivity index (χ0n) is 14.3. The lowest BCUT2D eigenvalue weighted by Crippen LogP contribution is -2.42. The molecule has 0 aliphatic carbocycles. The van der Waals surface area contributed by atoms with Gasteiger partial charge in [-0.15, -0.1) is 12.4 Å². The van der Waals surface area contributed by atoms with Gasteiger partial charge in [-0.3, -0.25) is 9.59 Å². The Morgan fingerprint density at radius 1 is 1.24 bits per heavy atom. The predicted octanol–water partition coefficient (Wildman–Crippen LogP) is 2.57. The van der Waals surface area contributed by atoms with Gasteiger partial charge >= 0.3 is 0 Å². The molecule has 2 aliphatic rings. The van der Waals surface area contributed by atoms with E-state index in [9.17, 15) is 14.0 Å². The number of nitrogens with zero attached hydrogens (tertiary/aromatic N) is 1. The van der Waals surface area contributed by atoms with Crippen molar-refractivity contribution in [3.05, 3.63) is 29.6 Å². The first-order valence-electron chi connectivity index (χ1n) is 8.48. The maximum absolute atomic E-state index is 13.7. The van der Waals surface area contributed by atoms with Crippen molar-refractivity contribution in [1.82, 2.24) is 10.2 Å². The van der Waals surface area contributed by atoms with Gasteiger partial charge in [0.25, 0.3) is 0 Å². The van der Waals surface area contributed by atoms with Crippen molar-refractivity contribution < 1.29 is 18.7 Å². The van der Waals surface area contributed by atoms with Gasteiger partial charge < -0.3 is 15.0 Å². The van der Waals surface area contributed by atoms with Gasteiger partial charge in [0.15, 0.2) is 17.3 Å². The molecular weight excluding hydrogens is 347 g/mol. The maximum Gasteiger partial charge on any atom is 0.223 e. The minimum atomic E-state index is -0.564. The second kappa shape index (κ2) is 8.63. The lowest BCUT2D eigenvalue weighted by Gasteiger charge is -2.27. The summed E-state index contributed by atoms with van der Waals surface area (Å²) in [5.41, 5.74) is 0.279. The Bertz CT molecular complexity index is 627. The van der Waals surface area contributed by atoms with E-state index in [2.05, 4.69) is 5.32 Å². The van der Waals surface area contributed by atoms with E-state index in [4.69, 9.17) is 4.74 Å². The molecule has 0 aromatic heterocycles. The Balaban J connectivity index is 0.00000225. The van der Waals surface area contributed by atoms with Crippen LogP contribution in [0.2, 0.25) is 0 Å². The maximum atomic E-state index is 13.7. The van der Waals surface area contributed by atoms with Crippen molar-refractivity contribution in [3.63, 3.8) is 0 Å². The highest BCUT2D eigenvalue weighted by molar-refractivity contribution is 5.98. The number of benzene rings is 1. The zero-order chi connectivity index (χ0) is 17.1. The van der Waals surface area contributed by atoms with Crippen LogP contribution >= 0.6 is 12.4 Å². The molecule has 1 aromatic carbocycles. The van der Waals surface area contributed by atoms with Gasteiger partial charge in [0.2, 0.25) is 5.91 Å². The van der Waals surface area contributed by atoms with Gasteiger partial charge in [-0.05, 0) is 44.0 Å². The van der Waals surface area contributed by atoms with Crippen LogP contribution in [0.15, 0.2) is 18.2 Å². The van der Waals surface area contributed by atoms with Gasteiger partial charge in [0.1, 0.15) is 0 Å². The standard InChI is InChI=1S/C18H23FN2O3.ClH/c1-24-17-6-2-12(10-15(17)19)16(22)5-7-18(23)21-13-3-4-14(21)11-20-9-8-13;/h2,6,10,13-14,20H,3-5,7-9,11H2,1H3;1H. The van der Waals surface area contributed by atoms with Crippen LogP contribution in [-0.4, -0.2) is 48.9 Å². The first-order valence-corrected chi connectivity index (χ1v) is 8.48. The van der Waals surface area contributed by atoms with Crippen LogP contribution in [0, 0.1) is 5.82 Å². The van der Waals surface area contributed by atoms with Gasteiger partial charge in [0.05, 0.1) is 7.11 Å². The fourth-order valence-electron chi connectivity index (χ4n) is 3.72. The molecule has 2 fully saturated rings. The minimum Gasteiger partial charge on any atom is -0.494 e. The lowest BCUT2D eigenvalue weighted by molar-refractivity contribution is -0.133. The Kier molecular flexibility index (Phi) is 6.79. The van der Waals surface area contributed by atoms with E-state index in [1.807, 2.05) is 4.90 Å². The number of ether oxygens (including phenoxy) is 1. The third-order valence-corrected chi connectivity index (χ3v) is 4.98. The van der Waals surface area contributed by atoms with Crippen molar-refractivity contribution >= 4 is 24.1 Å². The molecule has 2 saturated heterocycles. The largest absolute Gasteiger partial charge is 0.494 e. The summed E-state index contributed by atoms with van der Waals surface area (Å²) >= 11 is 0. The fraction of sp³-hybridized carbons (Fsp3) is 0.556. The van der Waals surface area contributed by atoms with Gasteiger partial charge in [0, 0.05) is 37.0 Å². The van der Waals surface area contributed by atoms with E-state index in [0.717, 1.165) is 32.4 Å². The molecule has 2 atom stereocenters. The summed E-state index contributed by atoms with van der Waals surface area (Å²) in [6.45, 7) is 1.77. The highest BCUT2D eigenvalue weighted by Crippen LogP contribution is 2.29. The highest BCUT2D eigenvalue weighted by Gasteiger charge is 2.37. The highest BCUT2D eigenvalue weighted by atomic mass is 35.5. The molecule has 2 bridgehead atoms. The van der Waals surface area contributed by atoms with E-state index < -0.39 is 5.82 Å². The molecule has 0 radical (unpaired) electrons. The van der Waals surface area contributed by atoms with Crippen molar-refractivity contribution in [3.8, 4) is 5.75 Å². The molecule has 2 heterocycles. The summed E-state index contributed by atoms with van der Waals surface area (Å²) in [7, 11) is 1.38. The molecule has 0 spiro atoms.